The Morgan fingerprint density at radius 2 is 1.95 bits per heavy atom. The zero-order valence-electron chi connectivity index (χ0n) is 12.8. The molecule has 1 aliphatic rings. The average molecular weight is 340 g/mol. The average Bonchev–Trinajstić information content (AvgIpc) is 2.41. The highest BCUT2D eigenvalue weighted by atomic mass is 79.9. The van der Waals surface area contributed by atoms with Crippen LogP contribution in [0.3, 0.4) is 0 Å². The Morgan fingerprint density at radius 1 is 1.25 bits per heavy atom. The predicted octanol–water partition coefficient (Wildman–Crippen LogP) is 4.90. The molecule has 0 atom stereocenters. The molecule has 1 N–H and O–H groups in total. The van der Waals surface area contributed by atoms with Crippen LogP contribution in [0.1, 0.15) is 52.0 Å². The molecule has 112 valence electrons. The van der Waals surface area contributed by atoms with Crippen molar-refractivity contribution in [2.75, 3.05) is 0 Å². The molecule has 1 aliphatic carbocycles. The van der Waals surface area contributed by atoms with Crippen molar-refractivity contribution in [1.82, 2.24) is 5.32 Å². The van der Waals surface area contributed by atoms with E-state index in [4.69, 9.17) is 4.74 Å². The SMILES string of the molecule is CC1CCC(Oc2ccc(CNC(C)C)cc2Br)CC1. The Kier molecular flexibility index (Phi) is 5.91. The Hall–Kier alpha value is -0.540. The first kappa shape index (κ1) is 15.8. The van der Waals surface area contributed by atoms with Gasteiger partial charge in [-0.05, 0) is 65.2 Å². The lowest BCUT2D eigenvalue weighted by atomic mass is 9.89. The molecule has 2 nitrogen and oxygen atoms in total. The van der Waals surface area contributed by atoms with Gasteiger partial charge in [0.05, 0.1) is 10.6 Å². The predicted molar refractivity (Wildman–Crippen MR) is 88.2 cm³/mol. The first-order chi connectivity index (χ1) is 9.54. The third kappa shape index (κ3) is 4.78. The van der Waals surface area contributed by atoms with E-state index in [0.717, 1.165) is 22.7 Å². The Morgan fingerprint density at radius 3 is 2.55 bits per heavy atom. The molecule has 0 radical (unpaired) electrons. The summed E-state index contributed by atoms with van der Waals surface area (Å²) >= 11 is 3.64. The Balaban J connectivity index is 1.92. The van der Waals surface area contributed by atoms with Crippen LogP contribution in [-0.4, -0.2) is 12.1 Å². The molecule has 20 heavy (non-hydrogen) atoms. The summed E-state index contributed by atoms with van der Waals surface area (Å²) in [5.74, 6) is 1.85. The smallest absolute Gasteiger partial charge is 0.133 e. The van der Waals surface area contributed by atoms with Gasteiger partial charge in [-0.3, -0.25) is 0 Å². The van der Waals surface area contributed by atoms with Gasteiger partial charge < -0.3 is 10.1 Å². The fourth-order valence-electron chi connectivity index (χ4n) is 2.60. The minimum Gasteiger partial charge on any atom is -0.489 e. The third-order valence-corrected chi connectivity index (χ3v) is 4.59. The number of rotatable bonds is 5. The molecule has 0 heterocycles. The first-order valence-electron chi connectivity index (χ1n) is 7.73. The van der Waals surface area contributed by atoms with Crippen LogP contribution in [0.15, 0.2) is 22.7 Å². The van der Waals surface area contributed by atoms with Crippen molar-refractivity contribution in [1.29, 1.82) is 0 Å². The molecule has 0 unspecified atom stereocenters. The van der Waals surface area contributed by atoms with Gasteiger partial charge in [-0.15, -0.1) is 0 Å². The van der Waals surface area contributed by atoms with Crippen molar-refractivity contribution in [2.24, 2.45) is 5.92 Å². The van der Waals surface area contributed by atoms with Gasteiger partial charge >= 0.3 is 0 Å². The maximum Gasteiger partial charge on any atom is 0.133 e. The lowest BCUT2D eigenvalue weighted by molar-refractivity contribution is 0.134. The van der Waals surface area contributed by atoms with E-state index in [2.05, 4.69) is 60.2 Å². The number of hydrogen-bond donors (Lipinski definition) is 1. The highest BCUT2D eigenvalue weighted by molar-refractivity contribution is 9.10. The lowest BCUT2D eigenvalue weighted by Gasteiger charge is -2.27. The number of hydrogen-bond acceptors (Lipinski definition) is 2. The molecule has 1 aromatic rings. The molecule has 0 amide bonds. The summed E-state index contributed by atoms with van der Waals surface area (Å²) in [5.41, 5.74) is 1.29. The molecule has 0 spiro atoms. The van der Waals surface area contributed by atoms with Crippen LogP contribution < -0.4 is 10.1 Å². The van der Waals surface area contributed by atoms with E-state index >= 15 is 0 Å². The van der Waals surface area contributed by atoms with Gasteiger partial charge in [0.1, 0.15) is 5.75 Å². The summed E-state index contributed by atoms with van der Waals surface area (Å²) < 4.78 is 7.22. The number of benzene rings is 1. The van der Waals surface area contributed by atoms with E-state index in [1.165, 1.54) is 31.2 Å². The van der Waals surface area contributed by atoms with Gasteiger partial charge in [-0.2, -0.15) is 0 Å². The summed E-state index contributed by atoms with van der Waals surface area (Å²) in [5, 5.41) is 3.43. The maximum atomic E-state index is 6.15. The number of halogens is 1. The first-order valence-corrected chi connectivity index (χ1v) is 8.52. The molecular weight excluding hydrogens is 314 g/mol. The molecule has 0 aromatic heterocycles. The van der Waals surface area contributed by atoms with Crippen LogP contribution in [0, 0.1) is 5.92 Å². The van der Waals surface area contributed by atoms with Crippen molar-refractivity contribution in [3.8, 4) is 5.75 Å². The summed E-state index contributed by atoms with van der Waals surface area (Å²) in [4.78, 5) is 0. The molecule has 0 saturated heterocycles. The molecule has 3 heteroatoms. The zero-order chi connectivity index (χ0) is 14.5. The van der Waals surface area contributed by atoms with Crippen molar-refractivity contribution in [3.05, 3.63) is 28.2 Å². The number of nitrogens with one attached hydrogen (secondary N) is 1. The molecule has 0 aliphatic heterocycles. The van der Waals surface area contributed by atoms with Crippen LogP contribution in [0.4, 0.5) is 0 Å². The van der Waals surface area contributed by atoms with Gasteiger partial charge in [0.2, 0.25) is 0 Å². The molecule has 1 fully saturated rings. The second-order valence-electron chi connectivity index (χ2n) is 6.30. The Labute approximate surface area is 131 Å². The van der Waals surface area contributed by atoms with E-state index < -0.39 is 0 Å². The maximum absolute atomic E-state index is 6.15. The van der Waals surface area contributed by atoms with E-state index in [-0.39, 0.29) is 0 Å². The van der Waals surface area contributed by atoms with Crippen molar-refractivity contribution < 1.29 is 4.74 Å². The third-order valence-electron chi connectivity index (χ3n) is 3.97. The van der Waals surface area contributed by atoms with E-state index in [9.17, 15) is 0 Å². The van der Waals surface area contributed by atoms with E-state index in [1.807, 2.05) is 0 Å². The summed E-state index contributed by atoms with van der Waals surface area (Å²) in [6.45, 7) is 7.56. The minimum absolute atomic E-state index is 0.391. The van der Waals surface area contributed by atoms with Crippen molar-refractivity contribution in [2.45, 2.75) is 65.1 Å². The Bertz CT molecular complexity index is 425. The molecule has 0 bridgehead atoms. The molecule has 2 rings (SSSR count). The van der Waals surface area contributed by atoms with Crippen LogP contribution in [0.2, 0.25) is 0 Å². The second kappa shape index (κ2) is 7.46. The van der Waals surface area contributed by atoms with Crippen LogP contribution in [-0.2, 0) is 6.54 Å². The highest BCUT2D eigenvalue weighted by Crippen LogP contribution is 2.31. The summed E-state index contributed by atoms with van der Waals surface area (Å²) in [6, 6.07) is 6.92. The van der Waals surface area contributed by atoms with Crippen LogP contribution in [0.5, 0.6) is 5.75 Å². The topological polar surface area (TPSA) is 21.3 Å². The second-order valence-corrected chi connectivity index (χ2v) is 7.15. The number of ether oxygens (including phenoxy) is 1. The van der Waals surface area contributed by atoms with E-state index in [0.29, 0.717) is 12.1 Å². The molecular formula is C17H26BrNO. The monoisotopic (exact) mass is 339 g/mol. The fraction of sp³-hybridized carbons (Fsp3) is 0.647. The van der Waals surface area contributed by atoms with Crippen LogP contribution >= 0.6 is 15.9 Å². The quantitative estimate of drug-likeness (QED) is 0.823. The van der Waals surface area contributed by atoms with Crippen molar-refractivity contribution in [3.63, 3.8) is 0 Å². The summed E-state index contributed by atoms with van der Waals surface area (Å²) in [7, 11) is 0. The standard InChI is InChI=1S/C17H26BrNO/c1-12(2)19-11-14-6-9-17(16(18)10-14)20-15-7-4-13(3)5-8-15/h6,9-10,12-13,15,19H,4-5,7-8,11H2,1-3H3. The molecule has 1 saturated carbocycles. The highest BCUT2D eigenvalue weighted by Gasteiger charge is 2.20. The van der Waals surface area contributed by atoms with Crippen molar-refractivity contribution >= 4 is 15.9 Å². The van der Waals surface area contributed by atoms with Gasteiger partial charge in [-0.25, -0.2) is 0 Å². The lowest BCUT2D eigenvalue weighted by Crippen LogP contribution is -2.23. The van der Waals surface area contributed by atoms with E-state index in [1.54, 1.807) is 0 Å². The molecule has 1 aromatic carbocycles. The minimum atomic E-state index is 0.391. The van der Waals surface area contributed by atoms with Gasteiger partial charge in [0, 0.05) is 12.6 Å². The fourth-order valence-corrected chi connectivity index (χ4v) is 3.12. The van der Waals surface area contributed by atoms with Crippen LogP contribution in [0.25, 0.3) is 0 Å². The van der Waals surface area contributed by atoms with Gasteiger partial charge in [-0.1, -0.05) is 26.8 Å². The van der Waals surface area contributed by atoms with Gasteiger partial charge in [0.15, 0.2) is 0 Å². The van der Waals surface area contributed by atoms with Gasteiger partial charge in [0.25, 0.3) is 0 Å². The zero-order valence-corrected chi connectivity index (χ0v) is 14.4. The largest absolute Gasteiger partial charge is 0.489 e. The summed E-state index contributed by atoms with van der Waals surface area (Å²) in [6.07, 6.45) is 5.34. The normalized spacial score (nSPS) is 23.1.